The molecule has 0 aliphatic carbocycles. The summed E-state index contributed by atoms with van der Waals surface area (Å²) in [4.78, 5) is 17.0. The van der Waals surface area contributed by atoms with Crippen LogP contribution < -0.4 is 18.9 Å². The average Bonchev–Trinajstić information content (AvgIpc) is 2.83. The van der Waals surface area contributed by atoms with Gasteiger partial charge in [0.1, 0.15) is 12.4 Å². The summed E-state index contributed by atoms with van der Waals surface area (Å²) in [7, 11) is 4.76. The lowest BCUT2D eigenvalue weighted by Gasteiger charge is -2.34. The summed E-state index contributed by atoms with van der Waals surface area (Å²) >= 11 is 5.89. The van der Waals surface area contributed by atoms with Crippen molar-refractivity contribution in [1.29, 1.82) is 0 Å². The normalized spacial score (nSPS) is 14.2. The Balaban J connectivity index is 1.42. The molecule has 2 aromatic carbocycles. The maximum Gasteiger partial charge on any atom is 0.222 e. The minimum atomic E-state index is 0.163. The Bertz CT molecular complexity index is 857. The number of hydrogen-bond donors (Lipinski definition) is 0. The molecule has 0 atom stereocenters. The molecule has 1 aliphatic heterocycles. The summed E-state index contributed by atoms with van der Waals surface area (Å²) in [6.07, 6.45) is 1.06. The third-order valence-corrected chi connectivity index (χ3v) is 5.82. The summed E-state index contributed by atoms with van der Waals surface area (Å²) in [5.74, 6) is 2.74. The molecule has 0 bridgehead atoms. The number of carbonyl (C=O) groups is 1. The second-order valence-corrected chi connectivity index (χ2v) is 7.99. The van der Waals surface area contributed by atoms with E-state index < -0.39 is 0 Å². The van der Waals surface area contributed by atoms with Gasteiger partial charge in [0.15, 0.2) is 11.5 Å². The Morgan fingerprint density at radius 1 is 0.938 bits per heavy atom. The van der Waals surface area contributed by atoms with E-state index in [9.17, 15) is 4.79 Å². The van der Waals surface area contributed by atoms with Crippen molar-refractivity contribution in [2.24, 2.45) is 0 Å². The number of ether oxygens (including phenoxy) is 4. The van der Waals surface area contributed by atoms with Crippen molar-refractivity contribution in [1.82, 2.24) is 9.80 Å². The standard InChI is InChI=1S/C24H31ClN2O5/c1-29-21-16-18(17-22(30-2)24(21)31-3)4-9-23(28)27-12-10-26(11-13-27)14-15-32-20-7-5-19(25)6-8-20/h5-8,16-17H,4,9-15H2,1-3H3. The summed E-state index contributed by atoms with van der Waals surface area (Å²) in [5.41, 5.74) is 0.978. The number of nitrogens with zero attached hydrogens (tertiary/aromatic N) is 2. The molecule has 0 aromatic heterocycles. The van der Waals surface area contributed by atoms with Crippen LogP contribution in [0.15, 0.2) is 36.4 Å². The highest BCUT2D eigenvalue weighted by Gasteiger charge is 2.21. The van der Waals surface area contributed by atoms with Crippen LogP contribution in [0.5, 0.6) is 23.0 Å². The van der Waals surface area contributed by atoms with Crippen LogP contribution in [0, 0.1) is 0 Å². The van der Waals surface area contributed by atoms with E-state index in [-0.39, 0.29) is 5.91 Å². The summed E-state index contributed by atoms with van der Waals surface area (Å²) in [5, 5.41) is 0.698. The third kappa shape index (κ3) is 6.43. The number of benzene rings is 2. The van der Waals surface area contributed by atoms with Gasteiger partial charge in [-0.3, -0.25) is 9.69 Å². The van der Waals surface area contributed by atoms with Gasteiger partial charge in [0.25, 0.3) is 0 Å². The van der Waals surface area contributed by atoms with Gasteiger partial charge in [-0.05, 0) is 48.4 Å². The van der Waals surface area contributed by atoms with Crippen LogP contribution >= 0.6 is 11.6 Å². The first kappa shape index (κ1) is 24.0. The number of hydrogen-bond acceptors (Lipinski definition) is 6. The fraction of sp³-hybridized carbons (Fsp3) is 0.458. The van der Waals surface area contributed by atoms with E-state index in [0.717, 1.165) is 44.0 Å². The van der Waals surface area contributed by atoms with Gasteiger partial charge in [0.05, 0.1) is 21.3 Å². The van der Waals surface area contributed by atoms with Crippen molar-refractivity contribution in [3.8, 4) is 23.0 Å². The first-order valence-corrected chi connectivity index (χ1v) is 11.1. The molecular formula is C24H31ClN2O5. The summed E-state index contributed by atoms with van der Waals surface area (Å²) in [6, 6.07) is 11.2. The molecule has 1 amide bonds. The van der Waals surface area contributed by atoms with Gasteiger partial charge in [0.2, 0.25) is 11.7 Å². The predicted molar refractivity (Wildman–Crippen MR) is 124 cm³/mol. The lowest BCUT2D eigenvalue weighted by molar-refractivity contribution is -0.132. The van der Waals surface area contributed by atoms with Crippen molar-refractivity contribution in [2.75, 3.05) is 60.7 Å². The molecule has 0 N–H and O–H groups in total. The molecule has 174 valence electrons. The number of methoxy groups -OCH3 is 3. The number of rotatable bonds is 10. The smallest absolute Gasteiger partial charge is 0.222 e. The van der Waals surface area contributed by atoms with Gasteiger partial charge in [0, 0.05) is 44.2 Å². The maximum absolute atomic E-state index is 12.7. The van der Waals surface area contributed by atoms with Gasteiger partial charge < -0.3 is 23.8 Å². The van der Waals surface area contributed by atoms with Crippen LogP contribution in [0.3, 0.4) is 0 Å². The molecule has 3 rings (SSSR count). The van der Waals surface area contributed by atoms with E-state index >= 15 is 0 Å². The molecule has 1 aliphatic rings. The van der Waals surface area contributed by atoms with Crippen LogP contribution in [0.2, 0.25) is 5.02 Å². The number of piperazine rings is 1. The number of carbonyl (C=O) groups excluding carboxylic acids is 1. The average molecular weight is 463 g/mol. The van der Waals surface area contributed by atoms with Gasteiger partial charge in [-0.1, -0.05) is 11.6 Å². The lowest BCUT2D eigenvalue weighted by atomic mass is 10.1. The van der Waals surface area contributed by atoms with Crippen molar-refractivity contribution in [3.63, 3.8) is 0 Å². The molecule has 32 heavy (non-hydrogen) atoms. The fourth-order valence-electron chi connectivity index (χ4n) is 3.73. The molecule has 2 aromatic rings. The van der Waals surface area contributed by atoms with Gasteiger partial charge in [-0.25, -0.2) is 0 Å². The van der Waals surface area contributed by atoms with Crippen molar-refractivity contribution < 1.29 is 23.7 Å². The SMILES string of the molecule is COc1cc(CCC(=O)N2CCN(CCOc3ccc(Cl)cc3)CC2)cc(OC)c1OC. The molecule has 0 unspecified atom stereocenters. The highest BCUT2D eigenvalue weighted by atomic mass is 35.5. The highest BCUT2D eigenvalue weighted by Crippen LogP contribution is 2.38. The Labute approximate surface area is 194 Å². The summed E-state index contributed by atoms with van der Waals surface area (Å²) in [6.45, 7) is 4.59. The molecule has 1 heterocycles. The van der Waals surface area contributed by atoms with Gasteiger partial charge in [-0.15, -0.1) is 0 Å². The Morgan fingerprint density at radius 2 is 1.56 bits per heavy atom. The van der Waals surface area contributed by atoms with Gasteiger partial charge >= 0.3 is 0 Å². The van der Waals surface area contributed by atoms with Crippen LogP contribution in [0.1, 0.15) is 12.0 Å². The topological polar surface area (TPSA) is 60.5 Å². The first-order valence-electron chi connectivity index (χ1n) is 10.7. The molecule has 7 nitrogen and oxygen atoms in total. The van der Waals surface area contributed by atoms with Crippen molar-refractivity contribution >= 4 is 17.5 Å². The molecule has 1 saturated heterocycles. The van der Waals surface area contributed by atoms with Crippen LogP contribution in [-0.4, -0.2) is 76.4 Å². The molecule has 0 radical (unpaired) electrons. The monoisotopic (exact) mass is 462 g/mol. The predicted octanol–water partition coefficient (Wildman–Crippen LogP) is 3.52. The highest BCUT2D eigenvalue weighted by molar-refractivity contribution is 6.30. The lowest BCUT2D eigenvalue weighted by Crippen LogP contribution is -2.49. The number of aryl methyl sites for hydroxylation is 1. The zero-order valence-electron chi connectivity index (χ0n) is 18.9. The number of halogens is 1. The molecular weight excluding hydrogens is 432 g/mol. The zero-order valence-corrected chi connectivity index (χ0v) is 19.7. The molecule has 1 fully saturated rings. The quantitative estimate of drug-likeness (QED) is 0.538. The zero-order chi connectivity index (χ0) is 22.9. The third-order valence-electron chi connectivity index (χ3n) is 5.57. The van der Waals surface area contributed by atoms with Crippen molar-refractivity contribution in [2.45, 2.75) is 12.8 Å². The Morgan fingerprint density at radius 3 is 2.12 bits per heavy atom. The van der Waals surface area contributed by atoms with Gasteiger partial charge in [-0.2, -0.15) is 0 Å². The molecule has 0 spiro atoms. The maximum atomic E-state index is 12.7. The van der Waals surface area contributed by atoms with Crippen LogP contribution in [0.25, 0.3) is 0 Å². The van der Waals surface area contributed by atoms with E-state index in [1.807, 2.05) is 41.3 Å². The Hall–Kier alpha value is -2.64. The van der Waals surface area contributed by atoms with E-state index in [2.05, 4.69) is 4.90 Å². The second-order valence-electron chi connectivity index (χ2n) is 7.56. The van der Waals surface area contributed by atoms with Crippen molar-refractivity contribution in [3.05, 3.63) is 47.0 Å². The molecule has 0 saturated carbocycles. The van der Waals surface area contributed by atoms with Crippen LogP contribution in [0.4, 0.5) is 0 Å². The largest absolute Gasteiger partial charge is 0.493 e. The second kappa shape index (κ2) is 11.8. The van der Waals surface area contributed by atoms with E-state index in [1.165, 1.54) is 0 Å². The number of amides is 1. The molecule has 8 heteroatoms. The fourth-order valence-corrected chi connectivity index (χ4v) is 3.86. The van der Waals surface area contributed by atoms with E-state index in [1.54, 1.807) is 21.3 Å². The first-order chi connectivity index (χ1) is 15.5. The minimum absolute atomic E-state index is 0.163. The minimum Gasteiger partial charge on any atom is -0.493 e. The summed E-state index contributed by atoms with van der Waals surface area (Å²) < 4.78 is 21.9. The van der Waals surface area contributed by atoms with E-state index in [0.29, 0.717) is 41.7 Å². The van der Waals surface area contributed by atoms with E-state index in [4.69, 9.17) is 30.5 Å². The van der Waals surface area contributed by atoms with Crippen LogP contribution in [-0.2, 0) is 11.2 Å². The Kier molecular flexibility index (Phi) is 8.88.